The van der Waals surface area contributed by atoms with E-state index in [0.29, 0.717) is 29.4 Å². The summed E-state index contributed by atoms with van der Waals surface area (Å²) in [6.07, 6.45) is 18.3. The average molecular weight is 498 g/mol. The fraction of sp³-hybridized carbons (Fsp3) is 0.781. The predicted octanol–water partition coefficient (Wildman–Crippen LogP) is 8.51. The first-order chi connectivity index (χ1) is 17.4. The molecule has 0 heterocycles. The minimum atomic E-state index is -0.211. The molecule has 6 atom stereocenters. The molecule has 1 aromatic carbocycles. The van der Waals surface area contributed by atoms with Crippen LogP contribution in [0, 0.1) is 23.2 Å². The number of phenolic OH excluding ortho intramolecular Hbond substituents is 1. The molecule has 36 heavy (non-hydrogen) atoms. The molecule has 0 spiro atoms. The lowest BCUT2D eigenvalue weighted by molar-refractivity contribution is -0.0423. The summed E-state index contributed by atoms with van der Waals surface area (Å²) in [4.78, 5) is 12.7. The lowest BCUT2D eigenvalue weighted by Gasteiger charge is -2.52. The number of rotatable bonds is 12. The zero-order valence-corrected chi connectivity index (χ0v) is 23.2. The third-order valence-electron chi connectivity index (χ3n) is 10.0. The lowest BCUT2D eigenvalue weighted by Crippen LogP contribution is -2.48. The predicted molar refractivity (Wildman–Crippen MR) is 147 cm³/mol. The first kappa shape index (κ1) is 27.3. The van der Waals surface area contributed by atoms with E-state index in [1.54, 1.807) is 0 Å². The number of phenols is 1. The van der Waals surface area contributed by atoms with Gasteiger partial charge in [-0.25, -0.2) is 4.79 Å². The second-order valence-corrected chi connectivity index (χ2v) is 12.5. The lowest BCUT2D eigenvalue weighted by atomic mass is 9.53. The van der Waals surface area contributed by atoms with Crippen molar-refractivity contribution < 1.29 is 14.6 Å². The number of hydrogen-bond acceptors (Lipinski definition) is 3. The number of unbranched alkanes of at least 4 members (excludes halogenated alkanes) is 9. The first-order valence-corrected chi connectivity index (χ1v) is 15.2. The molecule has 3 unspecified atom stereocenters. The molecule has 0 aliphatic heterocycles. The van der Waals surface area contributed by atoms with Gasteiger partial charge < -0.3 is 15.2 Å². The van der Waals surface area contributed by atoms with Crippen LogP contribution in [0.1, 0.15) is 128 Å². The largest absolute Gasteiger partial charge is 0.508 e. The van der Waals surface area contributed by atoms with Gasteiger partial charge in [-0.15, -0.1) is 0 Å². The van der Waals surface area contributed by atoms with Crippen LogP contribution < -0.4 is 5.32 Å². The summed E-state index contributed by atoms with van der Waals surface area (Å²) in [7, 11) is 0. The second-order valence-electron chi connectivity index (χ2n) is 12.5. The van der Waals surface area contributed by atoms with Crippen LogP contribution in [0.5, 0.6) is 5.75 Å². The van der Waals surface area contributed by atoms with Crippen molar-refractivity contribution >= 4 is 6.09 Å². The van der Waals surface area contributed by atoms with E-state index in [9.17, 15) is 9.90 Å². The number of nitrogens with one attached hydrogen (secondary N) is 1. The van der Waals surface area contributed by atoms with Crippen molar-refractivity contribution in [3.8, 4) is 5.75 Å². The highest BCUT2D eigenvalue weighted by Crippen LogP contribution is 2.62. The van der Waals surface area contributed by atoms with E-state index in [0.717, 1.165) is 45.1 Å². The smallest absolute Gasteiger partial charge is 0.407 e. The Kier molecular flexibility index (Phi) is 9.64. The molecular formula is C32H51NO3. The number of aromatic hydroxyl groups is 1. The van der Waals surface area contributed by atoms with E-state index >= 15 is 0 Å². The number of ether oxygens (including phenoxy) is 1. The monoisotopic (exact) mass is 497 g/mol. The van der Waals surface area contributed by atoms with Gasteiger partial charge in [-0.05, 0) is 85.5 Å². The molecule has 2 saturated carbocycles. The van der Waals surface area contributed by atoms with Crippen LogP contribution in [0.15, 0.2) is 18.2 Å². The van der Waals surface area contributed by atoms with Crippen molar-refractivity contribution in [1.82, 2.24) is 5.32 Å². The fourth-order valence-electron chi connectivity index (χ4n) is 8.08. The number of carbonyl (C=O) groups is 1. The maximum atomic E-state index is 12.7. The van der Waals surface area contributed by atoms with Crippen molar-refractivity contribution in [3.05, 3.63) is 29.3 Å². The molecule has 1 aromatic rings. The van der Waals surface area contributed by atoms with Gasteiger partial charge in [0.1, 0.15) is 11.9 Å². The normalized spacial score (nSPS) is 30.8. The minimum absolute atomic E-state index is 0.0320. The molecular weight excluding hydrogens is 446 g/mol. The van der Waals surface area contributed by atoms with E-state index in [1.807, 2.05) is 12.1 Å². The zero-order valence-electron chi connectivity index (χ0n) is 23.2. The topological polar surface area (TPSA) is 58.6 Å². The van der Waals surface area contributed by atoms with Crippen LogP contribution >= 0.6 is 0 Å². The van der Waals surface area contributed by atoms with Crippen molar-refractivity contribution in [1.29, 1.82) is 0 Å². The zero-order chi connectivity index (χ0) is 25.5. The summed E-state index contributed by atoms with van der Waals surface area (Å²) >= 11 is 0. The molecule has 1 amide bonds. The minimum Gasteiger partial charge on any atom is -0.508 e. The van der Waals surface area contributed by atoms with Crippen LogP contribution in [-0.4, -0.2) is 23.8 Å². The highest BCUT2D eigenvalue weighted by molar-refractivity contribution is 5.67. The molecule has 2 fully saturated rings. The third-order valence-corrected chi connectivity index (χ3v) is 10.0. The third kappa shape index (κ3) is 6.22. The van der Waals surface area contributed by atoms with Crippen LogP contribution in [-0.2, 0) is 11.2 Å². The molecule has 0 radical (unpaired) electrons. The summed E-state index contributed by atoms with van der Waals surface area (Å²) in [6.45, 7) is 7.78. The number of hydrogen-bond donors (Lipinski definition) is 2. The molecule has 0 saturated heterocycles. The van der Waals surface area contributed by atoms with Crippen LogP contribution in [0.2, 0.25) is 0 Å². The SMILES string of the molecule is CCCCCCCCCCCCNC(=O)O[C@H]1CCC2C3C(CC[C@@]21C)c1ccc(O)cc1C[C@H]3C. The number of alkyl carbamates (subject to hydrolysis) is 1. The molecule has 4 heteroatoms. The Morgan fingerprint density at radius 1 is 1.03 bits per heavy atom. The van der Waals surface area contributed by atoms with Gasteiger partial charge in [-0.3, -0.25) is 0 Å². The summed E-state index contributed by atoms with van der Waals surface area (Å²) in [6, 6.07) is 6.01. The molecule has 3 aliphatic carbocycles. The maximum absolute atomic E-state index is 12.7. The molecule has 202 valence electrons. The summed E-state index contributed by atoms with van der Waals surface area (Å²) in [5.74, 6) is 2.81. The van der Waals surface area contributed by atoms with Crippen molar-refractivity contribution in [2.75, 3.05) is 6.54 Å². The van der Waals surface area contributed by atoms with Gasteiger partial charge in [0.25, 0.3) is 0 Å². The highest BCUT2D eigenvalue weighted by Gasteiger charge is 2.57. The Morgan fingerprint density at radius 2 is 1.72 bits per heavy atom. The van der Waals surface area contributed by atoms with Gasteiger partial charge in [-0.2, -0.15) is 0 Å². The Hall–Kier alpha value is -1.71. The molecule has 2 N–H and O–H groups in total. The van der Waals surface area contributed by atoms with Gasteiger partial charge in [-0.1, -0.05) is 84.6 Å². The van der Waals surface area contributed by atoms with Gasteiger partial charge in [0.05, 0.1) is 0 Å². The maximum Gasteiger partial charge on any atom is 0.407 e. The first-order valence-electron chi connectivity index (χ1n) is 15.2. The Balaban J connectivity index is 1.19. The van der Waals surface area contributed by atoms with Crippen molar-refractivity contribution in [3.63, 3.8) is 0 Å². The summed E-state index contributed by atoms with van der Waals surface area (Å²) in [5, 5.41) is 13.0. The molecule has 4 nitrogen and oxygen atoms in total. The van der Waals surface area contributed by atoms with Crippen molar-refractivity contribution in [2.45, 2.75) is 129 Å². The van der Waals surface area contributed by atoms with Crippen LogP contribution in [0.25, 0.3) is 0 Å². The van der Waals surface area contributed by atoms with E-state index < -0.39 is 0 Å². The standard InChI is InChI=1S/C32H51NO3/c1-4-5-6-7-8-9-10-11-12-13-20-33-31(35)36-29-17-16-28-30-23(2)21-24-22-25(34)14-15-26(24)27(30)18-19-32(28,29)3/h14-15,22-23,27-30,34H,4-13,16-21H2,1-3H3,(H,33,35)/t23-,27?,28?,29+,30?,32+/m1/s1. The van der Waals surface area contributed by atoms with E-state index in [4.69, 9.17) is 4.74 Å². The quantitative estimate of drug-likeness (QED) is 0.285. The number of amides is 1. The summed E-state index contributed by atoms with van der Waals surface area (Å²) < 4.78 is 6.09. The molecule has 4 rings (SSSR count). The summed E-state index contributed by atoms with van der Waals surface area (Å²) in [5.41, 5.74) is 2.87. The van der Waals surface area contributed by atoms with Crippen LogP contribution in [0.4, 0.5) is 4.79 Å². The number of benzene rings is 1. The number of carbonyl (C=O) groups excluding carboxylic acids is 1. The van der Waals surface area contributed by atoms with Gasteiger partial charge >= 0.3 is 6.09 Å². The molecule has 3 aliphatic rings. The van der Waals surface area contributed by atoms with Gasteiger partial charge in [0.2, 0.25) is 0 Å². The molecule has 0 aromatic heterocycles. The Bertz CT molecular complexity index is 854. The molecule has 0 bridgehead atoms. The second kappa shape index (κ2) is 12.7. The average Bonchev–Trinajstić information content (AvgIpc) is 3.18. The fourth-order valence-corrected chi connectivity index (χ4v) is 8.08. The van der Waals surface area contributed by atoms with Crippen LogP contribution in [0.3, 0.4) is 0 Å². The Labute approximate surface area is 220 Å². The van der Waals surface area contributed by atoms with E-state index in [2.05, 4.69) is 32.2 Å². The van der Waals surface area contributed by atoms with E-state index in [-0.39, 0.29) is 17.6 Å². The van der Waals surface area contributed by atoms with Gasteiger partial charge in [0, 0.05) is 12.0 Å². The Morgan fingerprint density at radius 3 is 2.44 bits per heavy atom. The highest BCUT2D eigenvalue weighted by atomic mass is 16.6. The number of fused-ring (bicyclic) bond motifs is 5. The van der Waals surface area contributed by atoms with Crippen molar-refractivity contribution in [2.24, 2.45) is 23.2 Å². The van der Waals surface area contributed by atoms with Gasteiger partial charge in [0.15, 0.2) is 0 Å². The van der Waals surface area contributed by atoms with E-state index in [1.165, 1.54) is 68.9 Å².